The summed E-state index contributed by atoms with van der Waals surface area (Å²) < 4.78 is 0. The van der Waals surface area contributed by atoms with Crippen LogP contribution in [0.4, 0.5) is 5.69 Å². The summed E-state index contributed by atoms with van der Waals surface area (Å²) >= 11 is 0. The number of amides is 1. The maximum Gasteiger partial charge on any atom is 0.328 e. The summed E-state index contributed by atoms with van der Waals surface area (Å²) in [5.74, 6) is -1.40. The van der Waals surface area contributed by atoms with Crippen molar-refractivity contribution in [3.8, 4) is 0 Å². The standard InChI is InChI=1S/C15H13N3O3/c1-10-8-17-13(9-16-10)15(21)18-12-4-2-3-11(7-12)5-6-14(19)20/h2-9H,1H3,(H,18,21)(H,19,20). The number of hydrogen-bond acceptors (Lipinski definition) is 4. The molecule has 0 atom stereocenters. The molecule has 0 aliphatic heterocycles. The minimum Gasteiger partial charge on any atom is -0.478 e. The minimum atomic E-state index is -1.03. The summed E-state index contributed by atoms with van der Waals surface area (Å²) in [6.45, 7) is 1.78. The van der Waals surface area contributed by atoms with E-state index >= 15 is 0 Å². The zero-order chi connectivity index (χ0) is 15.2. The lowest BCUT2D eigenvalue weighted by Gasteiger charge is -2.05. The Kier molecular flexibility index (Phi) is 4.40. The lowest BCUT2D eigenvalue weighted by Crippen LogP contribution is -2.14. The Balaban J connectivity index is 2.12. The molecule has 2 rings (SSSR count). The first-order valence-electron chi connectivity index (χ1n) is 6.15. The maximum absolute atomic E-state index is 12.0. The normalized spacial score (nSPS) is 10.5. The molecule has 0 fully saturated rings. The number of carboxylic acids is 1. The molecular formula is C15H13N3O3. The molecule has 0 aliphatic rings. The third-order valence-corrected chi connectivity index (χ3v) is 2.58. The van der Waals surface area contributed by atoms with Gasteiger partial charge in [0.15, 0.2) is 0 Å². The van der Waals surface area contributed by atoms with Crippen LogP contribution in [0.2, 0.25) is 0 Å². The first-order chi connectivity index (χ1) is 10.0. The Morgan fingerprint density at radius 3 is 2.71 bits per heavy atom. The predicted octanol–water partition coefficient (Wildman–Crippen LogP) is 2.14. The Bertz CT molecular complexity index is 694. The molecule has 0 bridgehead atoms. The van der Waals surface area contributed by atoms with Crippen LogP contribution >= 0.6 is 0 Å². The first kappa shape index (κ1) is 14.4. The Labute approximate surface area is 121 Å². The smallest absolute Gasteiger partial charge is 0.328 e. The van der Waals surface area contributed by atoms with Gasteiger partial charge in [0.25, 0.3) is 5.91 Å². The van der Waals surface area contributed by atoms with Gasteiger partial charge in [-0.15, -0.1) is 0 Å². The third-order valence-electron chi connectivity index (χ3n) is 2.58. The molecular weight excluding hydrogens is 270 g/mol. The number of carbonyl (C=O) groups is 2. The highest BCUT2D eigenvalue weighted by molar-refractivity contribution is 6.02. The number of nitrogens with zero attached hydrogens (tertiary/aromatic N) is 2. The molecule has 0 saturated carbocycles. The van der Waals surface area contributed by atoms with E-state index in [1.165, 1.54) is 18.5 Å². The summed E-state index contributed by atoms with van der Waals surface area (Å²) in [6.07, 6.45) is 5.40. The number of rotatable bonds is 4. The highest BCUT2D eigenvalue weighted by Crippen LogP contribution is 2.13. The number of aryl methyl sites for hydroxylation is 1. The van der Waals surface area contributed by atoms with Crippen molar-refractivity contribution in [3.05, 3.63) is 59.7 Å². The Morgan fingerprint density at radius 2 is 2.05 bits per heavy atom. The van der Waals surface area contributed by atoms with Gasteiger partial charge in [-0.25, -0.2) is 9.78 Å². The van der Waals surface area contributed by atoms with Crippen molar-refractivity contribution in [2.45, 2.75) is 6.92 Å². The first-order valence-corrected chi connectivity index (χ1v) is 6.15. The highest BCUT2D eigenvalue weighted by Gasteiger charge is 2.07. The number of anilines is 1. The van der Waals surface area contributed by atoms with Crippen LogP contribution in [0.25, 0.3) is 6.08 Å². The molecule has 1 heterocycles. The van der Waals surface area contributed by atoms with Crippen molar-refractivity contribution >= 4 is 23.6 Å². The lowest BCUT2D eigenvalue weighted by atomic mass is 10.2. The summed E-state index contributed by atoms with van der Waals surface area (Å²) in [4.78, 5) is 30.5. The molecule has 1 aromatic heterocycles. The van der Waals surface area contributed by atoms with Crippen molar-refractivity contribution in [2.24, 2.45) is 0 Å². The molecule has 0 unspecified atom stereocenters. The van der Waals surface area contributed by atoms with Gasteiger partial charge < -0.3 is 10.4 Å². The molecule has 106 valence electrons. The molecule has 0 radical (unpaired) electrons. The van der Waals surface area contributed by atoms with E-state index in [1.807, 2.05) is 0 Å². The van der Waals surface area contributed by atoms with E-state index in [9.17, 15) is 9.59 Å². The molecule has 1 amide bonds. The zero-order valence-electron chi connectivity index (χ0n) is 11.3. The molecule has 0 saturated heterocycles. The van der Waals surface area contributed by atoms with Gasteiger partial charge in [-0.05, 0) is 30.7 Å². The number of carbonyl (C=O) groups excluding carboxylic acids is 1. The summed E-state index contributed by atoms with van der Waals surface area (Å²) in [5.41, 5.74) is 2.17. The third kappa shape index (κ3) is 4.24. The Morgan fingerprint density at radius 1 is 1.24 bits per heavy atom. The fraction of sp³-hybridized carbons (Fsp3) is 0.0667. The molecule has 6 heteroatoms. The second-order valence-corrected chi connectivity index (χ2v) is 4.29. The molecule has 2 N–H and O–H groups in total. The van der Waals surface area contributed by atoms with Gasteiger partial charge in [0.05, 0.1) is 11.9 Å². The van der Waals surface area contributed by atoms with Crippen LogP contribution < -0.4 is 5.32 Å². The van der Waals surface area contributed by atoms with Gasteiger partial charge in [-0.3, -0.25) is 9.78 Å². The van der Waals surface area contributed by atoms with Crippen molar-refractivity contribution in [3.63, 3.8) is 0 Å². The van der Waals surface area contributed by atoms with Gasteiger partial charge in [0.1, 0.15) is 5.69 Å². The van der Waals surface area contributed by atoms with Gasteiger partial charge >= 0.3 is 5.97 Å². The van der Waals surface area contributed by atoms with Gasteiger partial charge in [-0.2, -0.15) is 0 Å². The van der Waals surface area contributed by atoms with Crippen LogP contribution in [-0.4, -0.2) is 27.0 Å². The summed E-state index contributed by atoms with van der Waals surface area (Å²) in [5, 5.41) is 11.3. The maximum atomic E-state index is 12.0. The molecule has 0 aliphatic carbocycles. The molecule has 2 aromatic rings. The van der Waals surface area contributed by atoms with Gasteiger partial charge in [-0.1, -0.05) is 12.1 Å². The predicted molar refractivity (Wildman–Crippen MR) is 77.8 cm³/mol. The molecule has 0 spiro atoms. The zero-order valence-corrected chi connectivity index (χ0v) is 11.3. The van der Waals surface area contributed by atoms with Crippen LogP contribution in [0, 0.1) is 6.92 Å². The topological polar surface area (TPSA) is 92.2 Å². The van der Waals surface area contributed by atoms with E-state index in [0.29, 0.717) is 11.3 Å². The monoisotopic (exact) mass is 283 g/mol. The number of aromatic nitrogens is 2. The average molecular weight is 283 g/mol. The van der Waals surface area contributed by atoms with Gasteiger partial charge in [0, 0.05) is 18.0 Å². The minimum absolute atomic E-state index is 0.215. The van der Waals surface area contributed by atoms with Crippen LogP contribution in [0.15, 0.2) is 42.7 Å². The van der Waals surface area contributed by atoms with Crippen LogP contribution in [0.1, 0.15) is 21.7 Å². The van der Waals surface area contributed by atoms with Crippen molar-refractivity contribution in [1.29, 1.82) is 0 Å². The second-order valence-electron chi connectivity index (χ2n) is 4.29. The van der Waals surface area contributed by atoms with Crippen molar-refractivity contribution in [2.75, 3.05) is 5.32 Å². The second kappa shape index (κ2) is 6.42. The highest BCUT2D eigenvalue weighted by atomic mass is 16.4. The van der Waals surface area contributed by atoms with Crippen molar-refractivity contribution < 1.29 is 14.7 Å². The number of benzene rings is 1. The van der Waals surface area contributed by atoms with Gasteiger partial charge in [0.2, 0.25) is 0 Å². The Hall–Kier alpha value is -3.02. The number of hydrogen-bond donors (Lipinski definition) is 2. The largest absolute Gasteiger partial charge is 0.478 e. The van der Waals surface area contributed by atoms with E-state index in [2.05, 4.69) is 15.3 Å². The van der Waals surface area contributed by atoms with E-state index in [-0.39, 0.29) is 11.6 Å². The van der Waals surface area contributed by atoms with Crippen LogP contribution in [-0.2, 0) is 4.79 Å². The van der Waals surface area contributed by atoms with E-state index in [1.54, 1.807) is 31.2 Å². The van der Waals surface area contributed by atoms with E-state index in [4.69, 9.17) is 5.11 Å². The SMILES string of the molecule is Cc1cnc(C(=O)Nc2cccc(C=CC(=O)O)c2)cn1. The molecule has 1 aromatic carbocycles. The number of nitrogens with one attached hydrogen (secondary N) is 1. The lowest BCUT2D eigenvalue weighted by molar-refractivity contribution is -0.131. The fourth-order valence-corrected chi connectivity index (χ4v) is 1.59. The van der Waals surface area contributed by atoms with E-state index < -0.39 is 5.97 Å². The number of carboxylic acid groups (broad SMARTS) is 1. The van der Waals surface area contributed by atoms with Crippen molar-refractivity contribution in [1.82, 2.24) is 9.97 Å². The average Bonchev–Trinajstić information content (AvgIpc) is 2.46. The molecule has 21 heavy (non-hydrogen) atoms. The summed E-state index contributed by atoms with van der Waals surface area (Å²) in [7, 11) is 0. The number of aliphatic carboxylic acids is 1. The van der Waals surface area contributed by atoms with Crippen LogP contribution in [0.5, 0.6) is 0 Å². The summed E-state index contributed by atoms with van der Waals surface area (Å²) in [6, 6.07) is 6.83. The van der Waals surface area contributed by atoms with Crippen LogP contribution in [0.3, 0.4) is 0 Å². The molecule has 6 nitrogen and oxygen atoms in total. The quantitative estimate of drug-likeness (QED) is 0.839. The fourth-order valence-electron chi connectivity index (χ4n) is 1.59. The van der Waals surface area contributed by atoms with E-state index in [0.717, 1.165) is 11.8 Å².